The van der Waals surface area contributed by atoms with Gasteiger partial charge >= 0.3 is 0 Å². The molecule has 0 unspecified atom stereocenters. The molecule has 2 aliphatic rings. The van der Waals surface area contributed by atoms with Crippen molar-refractivity contribution in [3.8, 4) is 89.5 Å². The first-order valence-corrected chi connectivity index (χ1v) is 41.7. The predicted molar refractivity (Wildman–Crippen MR) is 502 cm³/mol. The standard InChI is InChI=1S/2C57H38N2O/c1-57(2)48-34-40(26-28-41(48)45-29-31-54-55(56(45)57)46-16-8-11-19-53(46)60-54)59-49-17-9-6-14-42(49)44-27-22-38(33-52(44)59)37-23-30-51-47(32-37)43-15-7-10-18-50(43)58(51)39-24-20-36(21-25-39)35-12-4-3-5-13-35;1-57(2)48-31-30-46-45-16-8-11-19-54(45)60-56(46)55(48)47-29-26-40(34-49(47)57)59-51-18-10-7-15-42(51)44-28-23-38(33-53(44)59)37-22-27-43-41-14-6-9-17-50(41)58(52(43)32-37)39-24-20-36(21-25-39)35-12-4-3-5-13-35/h2*3-34H,1-2H3. The summed E-state index contributed by atoms with van der Waals surface area (Å²) in [6.45, 7) is 9.46. The lowest BCUT2D eigenvalue weighted by molar-refractivity contribution is 0.653. The van der Waals surface area contributed by atoms with Crippen LogP contribution in [0.25, 0.3) is 221 Å². The number of hydrogen-bond acceptors (Lipinski definition) is 2. The number of furan rings is 2. The molecule has 0 radical (unpaired) electrons. The number of benzene rings is 18. The number of fused-ring (bicyclic) bond motifs is 26. The maximum Gasteiger partial charge on any atom is 0.143 e. The molecule has 18 aromatic carbocycles. The molecule has 0 atom stereocenters. The van der Waals surface area contributed by atoms with E-state index in [9.17, 15) is 0 Å². The van der Waals surface area contributed by atoms with Crippen molar-refractivity contribution in [2.45, 2.75) is 38.5 Å². The second-order valence-electron chi connectivity index (χ2n) is 33.8. The number of rotatable bonds is 8. The lowest BCUT2D eigenvalue weighted by atomic mass is 9.80. The van der Waals surface area contributed by atoms with Gasteiger partial charge in [0, 0.05) is 104 Å². The molecule has 0 bridgehead atoms. The van der Waals surface area contributed by atoms with E-state index in [0.717, 1.165) is 44.8 Å². The summed E-state index contributed by atoms with van der Waals surface area (Å²) < 4.78 is 22.7. The van der Waals surface area contributed by atoms with Crippen molar-refractivity contribution in [3.05, 3.63) is 411 Å². The number of nitrogens with zero attached hydrogens (tertiary/aromatic N) is 4. The molecule has 0 saturated heterocycles. The van der Waals surface area contributed by atoms with Gasteiger partial charge in [0.05, 0.1) is 44.1 Å². The average molecular weight is 1530 g/mol. The fraction of sp³-hybridized carbons (Fsp3) is 0.0526. The Morgan fingerprint density at radius 1 is 0.200 bits per heavy atom. The van der Waals surface area contributed by atoms with Crippen LogP contribution in [0, 0.1) is 0 Å². The Balaban J connectivity index is 0.000000133. The molecule has 6 aromatic heterocycles. The van der Waals surface area contributed by atoms with E-state index >= 15 is 0 Å². The highest BCUT2D eigenvalue weighted by Gasteiger charge is 2.40. The molecular formula is C114H76N4O2. The molecule has 6 heterocycles. The van der Waals surface area contributed by atoms with E-state index in [1.54, 1.807) is 0 Å². The van der Waals surface area contributed by atoms with Gasteiger partial charge in [0.2, 0.25) is 0 Å². The van der Waals surface area contributed by atoms with Gasteiger partial charge in [-0.3, -0.25) is 0 Å². The molecule has 26 rings (SSSR count). The summed E-state index contributed by atoms with van der Waals surface area (Å²) in [6, 6.07) is 142. The van der Waals surface area contributed by atoms with E-state index < -0.39 is 0 Å². The molecule has 0 saturated carbocycles. The van der Waals surface area contributed by atoms with Crippen LogP contribution >= 0.6 is 0 Å². The van der Waals surface area contributed by atoms with Crippen LogP contribution in [0.4, 0.5) is 0 Å². The molecule has 0 amide bonds. The third-order valence-electron chi connectivity index (χ3n) is 26.6. The topological polar surface area (TPSA) is 46.0 Å². The minimum absolute atomic E-state index is 0.201. The monoisotopic (exact) mass is 1530 g/mol. The molecule has 2 aliphatic carbocycles. The van der Waals surface area contributed by atoms with Gasteiger partial charge in [-0.15, -0.1) is 0 Å². The SMILES string of the molecule is CC1(C)c2cc(-n3c4ccccc4c4ccc(-c5ccc6c(c5)c5ccccc5n6-c5ccc(-c6ccccc6)cc5)cc43)ccc2-c2ccc3oc4ccccc4c3c21.CC1(C)c2cc(-n3c4ccccc4c4ccc(-c5ccc6c7ccccc7n(-c7ccc(-c8ccccc8)cc7)c6c5)cc43)ccc2-c2c1ccc1c2oc2ccccc21. The van der Waals surface area contributed by atoms with E-state index in [0.29, 0.717) is 0 Å². The number of aromatic nitrogens is 4. The van der Waals surface area contributed by atoms with E-state index in [1.807, 2.05) is 0 Å². The van der Waals surface area contributed by atoms with Crippen LogP contribution in [-0.2, 0) is 10.8 Å². The zero-order chi connectivity index (χ0) is 79.4. The van der Waals surface area contributed by atoms with Gasteiger partial charge in [-0.05, 0) is 205 Å². The van der Waals surface area contributed by atoms with Gasteiger partial charge in [-0.1, -0.05) is 295 Å². The molecule has 0 N–H and O–H groups in total. The Kier molecular flexibility index (Phi) is 14.5. The van der Waals surface area contributed by atoms with Gasteiger partial charge < -0.3 is 27.1 Å². The quantitative estimate of drug-likeness (QED) is 0.152. The first-order chi connectivity index (χ1) is 59.0. The summed E-state index contributed by atoms with van der Waals surface area (Å²) in [5.41, 5.74) is 37.6. The fourth-order valence-electron chi connectivity index (χ4n) is 21.0. The lowest BCUT2D eigenvalue weighted by Gasteiger charge is -2.23. The summed E-state index contributed by atoms with van der Waals surface area (Å²) in [5, 5.41) is 14.7. The summed E-state index contributed by atoms with van der Waals surface area (Å²) >= 11 is 0. The van der Waals surface area contributed by atoms with Crippen LogP contribution in [-0.4, -0.2) is 18.3 Å². The summed E-state index contributed by atoms with van der Waals surface area (Å²) in [5.74, 6) is 0. The third-order valence-corrected chi connectivity index (χ3v) is 26.6. The Morgan fingerprint density at radius 2 is 0.558 bits per heavy atom. The maximum atomic E-state index is 6.61. The molecule has 0 aliphatic heterocycles. The average Bonchev–Trinajstić information content (AvgIpc) is 1.54. The number of para-hydroxylation sites is 6. The highest BCUT2D eigenvalue weighted by Crippen LogP contribution is 2.56. The van der Waals surface area contributed by atoms with Crippen LogP contribution in [0.3, 0.4) is 0 Å². The molecule has 0 fully saturated rings. The minimum atomic E-state index is -0.227. The Labute approximate surface area is 692 Å². The Hall–Kier alpha value is -15.2. The predicted octanol–water partition coefficient (Wildman–Crippen LogP) is 30.8. The molecule has 564 valence electrons. The van der Waals surface area contributed by atoms with Crippen molar-refractivity contribution in [1.82, 2.24) is 18.3 Å². The van der Waals surface area contributed by atoms with Crippen molar-refractivity contribution in [2.75, 3.05) is 0 Å². The Bertz CT molecular complexity index is 8440. The second kappa shape index (κ2) is 25.6. The van der Waals surface area contributed by atoms with Crippen LogP contribution in [0.5, 0.6) is 0 Å². The summed E-state index contributed by atoms with van der Waals surface area (Å²) in [7, 11) is 0. The van der Waals surface area contributed by atoms with Crippen LogP contribution in [0.15, 0.2) is 397 Å². The van der Waals surface area contributed by atoms with Crippen LogP contribution in [0.2, 0.25) is 0 Å². The first-order valence-electron chi connectivity index (χ1n) is 41.7. The lowest BCUT2D eigenvalue weighted by Crippen LogP contribution is -2.15. The van der Waals surface area contributed by atoms with E-state index in [2.05, 4.69) is 434 Å². The van der Waals surface area contributed by atoms with Crippen LogP contribution < -0.4 is 0 Å². The van der Waals surface area contributed by atoms with Crippen molar-refractivity contribution in [1.29, 1.82) is 0 Å². The van der Waals surface area contributed by atoms with Crippen molar-refractivity contribution in [2.24, 2.45) is 0 Å². The molecule has 6 heteroatoms. The van der Waals surface area contributed by atoms with Crippen molar-refractivity contribution >= 4 is 131 Å². The normalized spacial score (nSPS) is 13.3. The van der Waals surface area contributed by atoms with Gasteiger partial charge in [0.1, 0.15) is 22.3 Å². The Morgan fingerprint density at radius 3 is 1.08 bits per heavy atom. The summed E-state index contributed by atoms with van der Waals surface area (Å²) in [4.78, 5) is 0. The largest absolute Gasteiger partial charge is 0.456 e. The minimum Gasteiger partial charge on any atom is -0.456 e. The van der Waals surface area contributed by atoms with Gasteiger partial charge in [0.25, 0.3) is 0 Å². The smallest absolute Gasteiger partial charge is 0.143 e. The van der Waals surface area contributed by atoms with Gasteiger partial charge in [-0.25, -0.2) is 0 Å². The fourth-order valence-corrected chi connectivity index (χ4v) is 21.0. The zero-order valence-corrected chi connectivity index (χ0v) is 66.6. The first kappa shape index (κ1) is 68.0. The highest BCUT2D eigenvalue weighted by atomic mass is 16.3. The third kappa shape index (κ3) is 9.97. The molecule has 0 spiro atoms. The molecule has 120 heavy (non-hydrogen) atoms. The van der Waals surface area contributed by atoms with Crippen molar-refractivity contribution < 1.29 is 8.83 Å². The maximum absolute atomic E-state index is 6.61. The van der Waals surface area contributed by atoms with E-state index in [-0.39, 0.29) is 10.8 Å². The van der Waals surface area contributed by atoms with Crippen LogP contribution in [0.1, 0.15) is 49.9 Å². The zero-order valence-electron chi connectivity index (χ0n) is 66.6. The van der Waals surface area contributed by atoms with Crippen molar-refractivity contribution in [3.63, 3.8) is 0 Å². The molecule has 6 nitrogen and oxygen atoms in total. The molecular weight excluding hydrogens is 1460 g/mol. The van der Waals surface area contributed by atoms with E-state index in [4.69, 9.17) is 8.83 Å². The summed E-state index contributed by atoms with van der Waals surface area (Å²) in [6.07, 6.45) is 0. The highest BCUT2D eigenvalue weighted by molar-refractivity contribution is 6.17. The van der Waals surface area contributed by atoms with Gasteiger partial charge in [0.15, 0.2) is 0 Å². The number of hydrogen-bond donors (Lipinski definition) is 0. The van der Waals surface area contributed by atoms with Gasteiger partial charge in [-0.2, -0.15) is 0 Å². The second-order valence-corrected chi connectivity index (χ2v) is 33.8. The molecule has 24 aromatic rings. The van der Waals surface area contributed by atoms with E-state index in [1.165, 1.54) is 198 Å².